The van der Waals surface area contributed by atoms with Gasteiger partial charge in [-0.2, -0.15) is 0 Å². The van der Waals surface area contributed by atoms with Gasteiger partial charge in [0.2, 0.25) is 11.1 Å². The summed E-state index contributed by atoms with van der Waals surface area (Å²) in [5, 5.41) is 7.50. The van der Waals surface area contributed by atoms with Crippen LogP contribution in [0.1, 0.15) is 17.0 Å². The Morgan fingerprint density at radius 3 is 2.24 bits per heavy atom. The molecule has 1 aliphatic rings. The molecule has 1 N–H and O–H groups in total. The van der Waals surface area contributed by atoms with Crippen LogP contribution in [0.15, 0.2) is 53.7 Å². The number of anilines is 2. The summed E-state index contributed by atoms with van der Waals surface area (Å²) in [6.07, 6.45) is 1.87. The Kier molecular flexibility index (Phi) is 4.28. The average molecular weight is 350 g/mol. The van der Waals surface area contributed by atoms with E-state index in [1.54, 1.807) is 0 Å². The number of thioether (sulfide) groups is 1. The molecule has 4 rings (SSSR count). The molecule has 0 fully saturated rings. The highest BCUT2D eigenvalue weighted by molar-refractivity contribution is 7.99. The molecule has 0 saturated heterocycles. The van der Waals surface area contributed by atoms with E-state index in [1.807, 2.05) is 48.2 Å². The van der Waals surface area contributed by atoms with Crippen LogP contribution in [0.3, 0.4) is 0 Å². The third-order valence-electron chi connectivity index (χ3n) is 4.28. The second-order valence-corrected chi connectivity index (χ2v) is 6.92. The van der Waals surface area contributed by atoms with Gasteiger partial charge in [0.1, 0.15) is 5.82 Å². The minimum atomic E-state index is 0.0363. The first-order valence-corrected chi connectivity index (χ1v) is 9.21. The Morgan fingerprint density at radius 2 is 1.68 bits per heavy atom. The molecule has 1 aromatic heterocycles. The minimum absolute atomic E-state index is 0.0363. The molecule has 25 heavy (non-hydrogen) atoms. The van der Waals surface area contributed by atoms with E-state index in [4.69, 9.17) is 0 Å². The largest absolute Gasteiger partial charge is 0.280 e. The Balaban J connectivity index is 1.68. The summed E-state index contributed by atoms with van der Waals surface area (Å²) in [6.45, 7) is 1.85. The van der Waals surface area contributed by atoms with E-state index < -0.39 is 0 Å². The number of hydrogen-bond donors (Lipinski definition) is 1. The predicted octanol–water partition coefficient (Wildman–Crippen LogP) is 3.67. The lowest BCUT2D eigenvalue weighted by Gasteiger charge is -2.24. The number of aromatic amines is 1. The number of hydrogen-bond acceptors (Lipinski definition) is 4. The molecule has 0 atom stereocenters. The van der Waals surface area contributed by atoms with Gasteiger partial charge in [-0.3, -0.25) is 14.8 Å². The van der Waals surface area contributed by atoms with Crippen molar-refractivity contribution in [3.63, 3.8) is 0 Å². The summed E-state index contributed by atoms with van der Waals surface area (Å²) in [5.74, 6) is 1.08. The second kappa shape index (κ2) is 6.72. The fourth-order valence-corrected chi connectivity index (χ4v) is 3.82. The first-order chi connectivity index (χ1) is 12.2. The first-order valence-electron chi connectivity index (χ1n) is 8.23. The summed E-state index contributed by atoms with van der Waals surface area (Å²) < 4.78 is 0. The van der Waals surface area contributed by atoms with E-state index in [2.05, 4.69) is 27.3 Å². The van der Waals surface area contributed by atoms with Crippen molar-refractivity contribution < 1.29 is 4.79 Å². The maximum absolute atomic E-state index is 13.1. The number of carbonyl (C=O) groups is 1. The number of benzene rings is 2. The molecule has 1 amide bonds. The van der Waals surface area contributed by atoms with Gasteiger partial charge in [-0.05, 0) is 43.0 Å². The van der Waals surface area contributed by atoms with Crippen LogP contribution in [0.5, 0.6) is 0 Å². The number of aryl methyl sites for hydroxylation is 3. The first kappa shape index (κ1) is 15.9. The summed E-state index contributed by atoms with van der Waals surface area (Å²) in [4.78, 5) is 19.2. The number of nitrogens with zero attached hydrogens (tertiary/aromatic N) is 3. The highest BCUT2D eigenvalue weighted by Gasteiger charge is 2.25. The van der Waals surface area contributed by atoms with Crippen LogP contribution in [-0.4, -0.2) is 26.8 Å². The molecule has 5 nitrogen and oxygen atoms in total. The molecular weight excluding hydrogens is 332 g/mol. The normalized spacial score (nSPS) is 13.1. The zero-order chi connectivity index (χ0) is 17.2. The van der Waals surface area contributed by atoms with Crippen LogP contribution in [0, 0.1) is 6.92 Å². The van der Waals surface area contributed by atoms with E-state index >= 15 is 0 Å². The molecule has 0 spiro atoms. The van der Waals surface area contributed by atoms with Crippen molar-refractivity contribution in [2.24, 2.45) is 0 Å². The number of rotatable bonds is 3. The number of para-hydroxylation sites is 2. The van der Waals surface area contributed by atoms with Crippen molar-refractivity contribution in [1.82, 2.24) is 15.2 Å². The smallest absolute Gasteiger partial charge is 0.242 e. The van der Waals surface area contributed by atoms with Gasteiger partial charge >= 0.3 is 0 Å². The fourth-order valence-electron chi connectivity index (χ4n) is 3.13. The van der Waals surface area contributed by atoms with E-state index in [-0.39, 0.29) is 5.91 Å². The third kappa shape index (κ3) is 3.17. The maximum Gasteiger partial charge on any atom is 0.242 e. The average Bonchev–Trinajstić information content (AvgIpc) is 2.97. The van der Waals surface area contributed by atoms with Gasteiger partial charge in [-0.1, -0.05) is 48.2 Å². The van der Waals surface area contributed by atoms with Crippen LogP contribution in [0.4, 0.5) is 11.4 Å². The van der Waals surface area contributed by atoms with E-state index in [9.17, 15) is 4.79 Å². The lowest BCUT2D eigenvalue weighted by Crippen LogP contribution is -2.28. The molecule has 126 valence electrons. The topological polar surface area (TPSA) is 61.9 Å². The van der Waals surface area contributed by atoms with Gasteiger partial charge in [0.15, 0.2) is 0 Å². The van der Waals surface area contributed by atoms with Crippen LogP contribution < -0.4 is 4.90 Å². The van der Waals surface area contributed by atoms with Crippen molar-refractivity contribution in [3.05, 3.63) is 65.5 Å². The number of amides is 1. The number of fused-ring (bicyclic) bond motifs is 2. The number of H-pyrrole nitrogens is 1. The zero-order valence-electron chi connectivity index (χ0n) is 13.9. The van der Waals surface area contributed by atoms with Crippen molar-refractivity contribution >= 4 is 29.0 Å². The lowest BCUT2D eigenvalue weighted by atomic mass is 10.0. The Bertz CT molecular complexity index is 874. The SMILES string of the molecule is Cc1nc(SCC(=O)N2c3ccccc3CCc3ccccc32)n[nH]1. The van der Waals surface area contributed by atoms with Crippen LogP contribution in [0.2, 0.25) is 0 Å². The van der Waals surface area contributed by atoms with Gasteiger partial charge in [0, 0.05) is 0 Å². The van der Waals surface area contributed by atoms with E-state index in [1.165, 1.54) is 22.9 Å². The quantitative estimate of drug-likeness (QED) is 0.732. The molecular formula is C19H18N4OS. The van der Waals surface area contributed by atoms with Gasteiger partial charge in [0.05, 0.1) is 17.1 Å². The highest BCUT2D eigenvalue weighted by atomic mass is 32.2. The number of aromatic nitrogens is 3. The standard InChI is InChI=1S/C19H18N4OS/c1-13-20-19(22-21-13)25-12-18(24)23-16-8-4-2-6-14(16)10-11-15-7-3-5-9-17(15)23/h2-9H,10-12H2,1H3,(H,20,21,22). The van der Waals surface area contributed by atoms with E-state index in [0.29, 0.717) is 10.9 Å². The van der Waals surface area contributed by atoms with Crippen LogP contribution in [0.25, 0.3) is 0 Å². The van der Waals surface area contributed by atoms with E-state index in [0.717, 1.165) is 30.0 Å². The highest BCUT2D eigenvalue weighted by Crippen LogP contribution is 2.36. The van der Waals surface area contributed by atoms with Crippen LogP contribution >= 0.6 is 11.8 Å². The molecule has 0 unspecified atom stereocenters. The van der Waals surface area contributed by atoms with Gasteiger partial charge < -0.3 is 0 Å². The lowest BCUT2D eigenvalue weighted by molar-refractivity contribution is -0.115. The molecule has 0 aliphatic carbocycles. The van der Waals surface area contributed by atoms with Crippen molar-refractivity contribution in [2.75, 3.05) is 10.7 Å². The molecule has 6 heteroatoms. The molecule has 2 aromatic carbocycles. The Hall–Kier alpha value is -2.60. The van der Waals surface area contributed by atoms with Crippen molar-refractivity contribution in [1.29, 1.82) is 0 Å². The predicted molar refractivity (Wildman–Crippen MR) is 99.3 cm³/mol. The third-order valence-corrected chi connectivity index (χ3v) is 5.11. The summed E-state index contributed by atoms with van der Waals surface area (Å²) >= 11 is 1.35. The fraction of sp³-hybridized carbons (Fsp3) is 0.211. The van der Waals surface area contributed by atoms with Crippen LogP contribution in [-0.2, 0) is 17.6 Å². The molecule has 1 aliphatic heterocycles. The summed E-state index contributed by atoms with van der Waals surface area (Å²) in [5.41, 5.74) is 4.35. The zero-order valence-corrected chi connectivity index (χ0v) is 14.7. The van der Waals surface area contributed by atoms with Crippen molar-refractivity contribution in [2.45, 2.75) is 24.9 Å². The number of carbonyl (C=O) groups excluding carboxylic acids is 1. The molecule has 0 radical (unpaired) electrons. The summed E-state index contributed by atoms with van der Waals surface area (Å²) in [6, 6.07) is 16.3. The Morgan fingerprint density at radius 1 is 1.08 bits per heavy atom. The maximum atomic E-state index is 13.1. The molecule has 0 saturated carbocycles. The molecule has 2 heterocycles. The molecule has 0 bridgehead atoms. The Labute approximate surface area is 150 Å². The minimum Gasteiger partial charge on any atom is -0.280 e. The summed E-state index contributed by atoms with van der Waals surface area (Å²) in [7, 11) is 0. The van der Waals surface area contributed by atoms with Gasteiger partial charge in [-0.15, -0.1) is 5.10 Å². The van der Waals surface area contributed by atoms with Gasteiger partial charge in [-0.25, -0.2) is 4.98 Å². The van der Waals surface area contributed by atoms with Gasteiger partial charge in [0.25, 0.3) is 0 Å². The monoisotopic (exact) mass is 350 g/mol. The number of nitrogens with one attached hydrogen (secondary N) is 1. The van der Waals surface area contributed by atoms with Crippen molar-refractivity contribution in [3.8, 4) is 0 Å². The second-order valence-electron chi connectivity index (χ2n) is 5.98. The molecule has 3 aromatic rings.